The molecule has 2 aliphatic rings. The fourth-order valence-corrected chi connectivity index (χ4v) is 3.76. The number of nitrogens with one attached hydrogen (secondary N) is 1. The number of rotatable bonds is 4. The number of thiazole rings is 1. The molecule has 2 fully saturated rings. The van der Waals surface area contributed by atoms with E-state index in [-0.39, 0.29) is 6.04 Å². The zero-order valence-electron chi connectivity index (χ0n) is 12.2. The Hall–Kier alpha value is -0.860. The van der Waals surface area contributed by atoms with E-state index in [1.807, 2.05) is 0 Å². The minimum atomic E-state index is -4.30. The lowest BCUT2D eigenvalue weighted by atomic mass is 10.0. The lowest BCUT2D eigenvalue weighted by molar-refractivity contribution is -0.134. The third-order valence-corrected chi connectivity index (χ3v) is 5.21. The fourth-order valence-electron chi connectivity index (χ4n) is 3.00. The molecule has 2 aliphatic heterocycles. The second-order valence-corrected chi connectivity index (χ2v) is 7.01. The molecule has 0 saturated carbocycles. The number of likely N-dealkylation sites (tertiary alicyclic amines) is 1. The highest BCUT2D eigenvalue weighted by Gasteiger charge is 2.33. The molecule has 22 heavy (non-hydrogen) atoms. The summed E-state index contributed by atoms with van der Waals surface area (Å²) in [5, 5.41) is 3.51. The van der Waals surface area contributed by atoms with E-state index in [2.05, 4.69) is 15.2 Å². The Labute approximate surface area is 131 Å². The Morgan fingerprint density at radius 2 is 2.09 bits per heavy atom. The Morgan fingerprint density at radius 1 is 1.32 bits per heavy atom. The van der Waals surface area contributed by atoms with Crippen molar-refractivity contribution in [1.82, 2.24) is 9.88 Å². The van der Waals surface area contributed by atoms with E-state index < -0.39 is 11.1 Å². The molecule has 3 heterocycles. The Balaban J connectivity index is 1.44. The molecule has 0 amide bonds. The van der Waals surface area contributed by atoms with Crippen molar-refractivity contribution in [1.29, 1.82) is 0 Å². The van der Waals surface area contributed by atoms with Crippen LogP contribution in [0.2, 0.25) is 0 Å². The second-order valence-electron chi connectivity index (χ2n) is 5.98. The monoisotopic (exact) mass is 335 g/mol. The highest BCUT2D eigenvalue weighted by Crippen LogP contribution is 2.35. The third kappa shape index (κ3) is 4.11. The third-order valence-electron chi connectivity index (χ3n) is 4.24. The maximum atomic E-state index is 12.6. The molecule has 0 spiro atoms. The van der Waals surface area contributed by atoms with E-state index in [0.29, 0.717) is 22.4 Å². The van der Waals surface area contributed by atoms with Gasteiger partial charge in [-0.25, -0.2) is 4.98 Å². The smallest absolute Gasteiger partial charge is 0.381 e. The van der Waals surface area contributed by atoms with Gasteiger partial charge in [-0.05, 0) is 25.2 Å². The van der Waals surface area contributed by atoms with Crippen LogP contribution in [0.4, 0.5) is 18.3 Å². The average Bonchev–Trinajstić information content (AvgIpc) is 3.12. The highest BCUT2D eigenvalue weighted by atomic mass is 32.1. The van der Waals surface area contributed by atoms with E-state index >= 15 is 0 Å². The highest BCUT2D eigenvalue weighted by molar-refractivity contribution is 7.15. The number of aromatic nitrogens is 1. The summed E-state index contributed by atoms with van der Waals surface area (Å²) in [4.78, 5) is 5.62. The molecule has 0 radical (unpaired) electrons. The van der Waals surface area contributed by atoms with Crippen LogP contribution in [0, 0.1) is 5.92 Å². The molecule has 0 unspecified atom stereocenters. The molecule has 124 valence electrons. The van der Waals surface area contributed by atoms with Crippen LogP contribution in [0.5, 0.6) is 0 Å². The van der Waals surface area contributed by atoms with Gasteiger partial charge in [-0.1, -0.05) is 11.3 Å². The van der Waals surface area contributed by atoms with Gasteiger partial charge >= 0.3 is 6.18 Å². The summed E-state index contributed by atoms with van der Waals surface area (Å²) in [6.07, 6.45) is -0.382. The lowest BCUT2D eigenvalue weighted by Crippen LogP contribution is -2.41. The zero-order chi connectivity index (χ0) is 15.6. The first-order valence-electron chi connectivity index (χ1n) is 7.60. The Kier molecular flexibility index (Phi) is 4.89. The van der Waals surface area contributed by atoms with Crippen LogP contribution in [0.25, 0.3) is 0 Å². The SMILES string of the molecule is FC(F)(F)c1cnc(NC2CCN(C[C@@H]3CCOC3)CC2)s1. The first kappa shape index (κ1) is 16.0. The van der Waals surface area contributed by atoms with Gasteiger partial charge in [-0.3, -0.25) is 0 Å². The Morgan fingerprint density at radius 3 is 2.68 bits per heavy atom. The van der Waals surface area contributed by atoms with Gasteiger partial charge in [0.25, 0.3) is 0 Å². The minimum Gasteiger partial charge on any atom is -0.381 e. The van der Waals surface area contributed by atoms with Gasteiger partial charge < -0.3 is 15.0 Å². The van der Waals surface area contributed by atoms with Crippen molar-refractivity contribution in [3.63, 3.8) is 0 Å². The summed E-state index contributed by atoms with van der Waals surface area (Å²) in [5.41, 5.74) is 0. The molecule has 0 aliphatic carbocycles. The molecule has 8 heteroatoms. The standard InChI is InChI=1S/C14H20F3N3OS/c15-14(16,17)12-7-18-13(22-12)19-11-1-4-20(5-2-11)8-10-3-6-21-9-10/h7,10-11H,1-6,8-9H2,(H,18,19)/t10-/m0/s1. The van der Waals surface area contributed by atoms with Gasteiger partial charge in [0.1, 0.15) is 4.88 Å². The quantitative estimate of drug-likeness (QED) is 0.918. The number of halogens is 3. The van der Waals surface area contributed by atoms with Gasteiger partial charge in [0, 0.05) is 32.3 Å². The van der Waals surface area contributed by atoms with E-state index in [9.17, 15) is 13.2 Å². The molecular formula is C14H20F3N3OS. The summed E-state index contributed by atoms with van der Waals surface area (Å²) in [7, 11) is 0. The average molecular weight is 335 g/mol. The number of anilines is 1. The van der Waals surface area contributed by atoms with Gasteiger partial charge in [0.05, 0.1) is 12.8 Å². The van der Waals surface area contributed by atoms with Gasteiger partial charge in [0.15, 0.2) is 5.13 Å². The van der Waals surface area contributed by atoms with Crippen LogP contribution in [0.1, 0.15) is 24.1 Å². The van der Waals surface area contributed by atoms with Crippen LogP contribution in [0.3, 0.4) is 0 Å². The van der Waals surface area contributed by atoms with Crippen LogP contribution < -0.4 is 5.32 Å². The fraction of sp³-hybridized carbons (Fsp3) is 0.786. The largest absolute Gasteiger partial charge is 0.427 e. The number of piperidine rings is 1. The molecule has 4 nitrogen and oxygen atoms in total. The van der Waals surface area contributed by atoms with Crippen LogP contribution in [-0.4, -0.2) is 48.8 Å². The van der Waals surface area contributed by atoms with E-state index in [0.717, 1.165) is 58.3 Å². The predicted molar refractivity (Wildman–Crippen MR) is 79.1 cm³/mol. The number of nitrogens with zero attached hydrogens (tertiary/aromatic N) is 2. The lowest BCUT2D eigenvalue weighted by Gasteiger charge is -2.33. The van der Waals surface area contributed by atoms with Gasteiger partial charge in [-0.2, -0.15) is 13.2 Å². The number of ether oxygens (including phenoxy) is 1. The zero-order valence-corrected chi connectivity index (χ0v) is 13.1. The van der Waals surface area contributed by atoms with Crippen molar-refractivity contribution in [3.8, 4) is 0 Å². The second kappa shape index (κ2) is 6.72. The normalized spacial score (nSPS) is 24.8. The van der Waals surface area contributed by atoms with Crippen LogP contribution in [0.15, 0.2) is 6.20 Å². The van der Waals surface area contributed by atoms with Crippen molar-refractivity contribution >= 4 is 16.5 Å². The summed E-state index contributed by atoms with van der Waals surface area (Å²) in [6.45, 7) is 4.76. The molecule has 1 atom stereocenters. The molecule has 1 aromatic heterocycles. The predicted octanol–water partition coefficient (Wildman–Crippen LogP) is 3.07. The van der Waals surface area contributed by atoms with Gasteiger partial charge in [-0.15, -0.1) is 0 Å². The van der Waals surface area contributed by atoms with E-state index in [1.54, 1.807) is 0 Å². The molecule has 1 aromatic rings. The van der Waals surface area contributed by atoms with Crippen molar-refractivity contribution in [2.24, 2.45) is 5.92 Å². The van der Waals surface area contributed by atoms with Crippen LogP contribution in [-0.2, 0) is 10.9 Å². The Bertz CT molecular complexity index is 480. The van der Waals surface area contributed by atoms with Crippen molar-refractivity contribution in [2.75, 3.05) is 38.2 Å². The molecule has 1 N–H and O–H groups in total. The molecule has 2 saturated heterocycles. The molecule has 3 rings (SSSR count). The maximum absolute atomic E-state index is 12.6. The summed E-state index contributed by atoms with van der Waals surface area (Å²) in [5.74, 6) is 0.637. The molecular weight excluding hydrogens is 315 g/mol. The summed E-state index contributed by atoms with van der Waals surface area (Å²) in [6, 6.07) is 0.211. The first-order chi connectivity index (χ1) is 10.5. The summed E-state index contributed by atoms with van der Waals surface area (Å²) < 4.78 is 43.0. The van der Waals surface area contributed by atoms with Crippen LogP contribution >= 0.6 is 11.3 Å². The number of hydrogen-bond acceptors (Lipinski definition) is 5. The van der Waals surface area contributed by atoms with E-state index in [1.165, 1.54) is 0 Å². The molecule has 0 bridgehead atoms. The van der Waals surface area contributed by atoms with E-state index in [4.69, 9.17) is 4.74 Å². The number of hydrogen-bond donors (Lipinski definition) is 1. The van der Waals surface area contributed by atoms with Crippen molar-refractivity contribution in [2.45, 2.75) is 31.5 Å². The minimum absolute atomic E-state index is 0.211. The number of alkyl halides is 3. The first-order valence-corrected chi connectivity index (χ1v) is 8.42. The van der Waals surface area contributed by atoms with Crippen molar-refractivity contribution in [3.05, 3.63) is 11.1 Å². The molecule has 0 aromatic carbocycles. The maximum Gasteiger partial charge on any atom is 0.427 e. The van der Waals surface area contributed by atoms with Crippen molar-refractivity contribution < 1.29 is 17.9 Å². The van der Waals surface area contributed by atoms with Gasteiger partial charge in [0.2, 0.25) is 0 Å². The topological polar surface area (TPSA) is 37.4 Å². The summed E-state index contributed by atoms with van der Waals surface area (Å²) >= 11 is 0.683.